The zero-order valence-corrected chi connectivity index (χ0v) is 19.8. The van der Waals surface area contributed by atoms with Crippen molar-refractivity contribution in [3.05, 3.63) is 35.8 Å². The van der Waals surface area contributed by atoms with E-state index in [1.807, 2.05) is 24.1 Å². The van der Waals surface area contributed by atoms with Crippen molar-refractivity contribution in [2.45, 2.75) is 31.6 Å². The minimum absolute atomic E-state index is 0.0200. The second-order valence-corrected chi connectivity index (χ2v) is 10.8. The van der Waals surface area contributed by atoms with Crippen molar-refractivity contribution in [3.63, 3.8) is 0 Å². The van der Waals surface area contributed by atoms with Crippen molar-refractivity contribution in [2.24, 2.45) is 5.10 Å². The first-order valence-electron chi connectivity index (χ1n) is 11.2. The van der Waals surface area contributed by atoms with Gasteiger partial charge in [0.25, 0.3) is 0 Å². The molecule has 3 aromatic rings. The summed E-state index contributed by atoms with van der Waals surface area (Å²) in [6, 6.07) is 3.99. The molecule has 3 aliphatic rings. The highest BCUT2D eigenvalue weighted by Crippen LogP contribution is 2.52. The van der Waals surface area contributed by atoms with Crippen molar-refractivity contribution in [1.82, 2.24) is 25.3 Å². The lowest BCUT2D eigenvalue weighted by Gasteiger charge is -2.26. The molecule has 1 saturated heterocycles. The summed E-state index contributed by atoms with van der Waals surface area (Å²) < 4.78 is 22.9. The molecule has 0 bridgehead atoms. The van der Waals surface area contributed by atoms with E-state index >= 15 is 0 Å². The molecule has 3 aliphatic heterocycles. The number of carbonyl (C=O) groups excluding carboxylic acids is 1. The van der Waals surface area contributed by atoms with E-state index in [0.29, 0.717) is 41.7 Å². The summed E-state index contributed by atoms with van der Waals surface area (Å²) in [6.45, 7) is 2.79. The second kappa shape index (κ2) is 7.93. The van der Waals surface area contributed by atoms with Gasteiger partial charge in [-0.05, 0) is 36.4 Å². The average Bonchev–Trinajstić information content (AvgIpc) is 3.26. The standard InChI is InChI=1S/C22H25N9O3S/c1-11-14(7-25-17-10-35(33,34)30-21(11)17)16-4-12-5-18(26-8-15(12)22(23)27-16)28-19-6-13-2-3-24-20(32)9-31(13)29-19/h4-5,7-8,13,30,33-34H,2-3,6,9-10H2,1H3,(H2,23,27)(H,24,32)(H,26,28,29). The van der Waals surface area contributed by atoms with Gasteiger partial charge in [0, 0.05) is 36.3 Å². The van der Waals surface area contributed by atoms with E-state index < -0.39 is 10.8 Å². The summed E-state index contributed by atoms with van der Waals surface area (Å²) in [5.41, 5.74) is 9.72. The van der Waals surface area contributed by atoms with Gasteiger partial charge in [0.2, 0.25) is 5.91 Å². The van der Waals surface area contributed by atoms with Crippen LogP contribution < -0.4 is 21.1 Å². The number of hydrogen-bond acceptors (Lipinski definition) is 11. The lowest BCUT2D eigenvalue weighted by atomic mass is 10.0. The molecular formula is C22H25N9O3S. The first-order chi connectivity index (χ1) is 16.8. The van der Waals surface area contributed by atoms with Gasteiger partial charge >= 0.3 is 0 Å². The van der Waals surface area contributed by atoms with Crippen LogP contribution in [0.4, 0.5) is 17.3 Å². The maximum Gasteiger partial charge on any atom is 0.241 e. The molecule has 0 spiro atoms. The molecule has 0 aliphatic carbocycles. The Morgan fingerprint density at radius 2 is 2.11 bits per heavy atom. The first kappa shape index (κ1) is 21.8. The van der Waals surface area contributed by atoms with Gasteiger partial charge in [-0.2, -0.15) is 5.10 Å². The van der Waals surface area contributed by atoms with Gasteiger partial charge in [-0.15, -0.1) is 10.8 Å². The normalized spacial score (nSPS) is 21.5. The SMILES string of the molecule is Cc1c(-c2cc3cc(NC4=NN5CC(=O)NCCC5C4)ncc3c(N)n2)cnc2c1NS(O)(O)C2. The van der Waals surface area contributed by atoms with Gasteiger partial charge in [-0.1, -0.05) is 0 Å². The molecule has 7 N–H and O–H groups in total. The van der Waals surface area contributed by atoms with Crippen molar-refractivity contribution >= 4 is 50.6 Å². The minimum Gasteiger partial charge on any atom is -0.383 e. The Bertz CT molecular complexity index is 1410. The quantitative estimate of drug-likeness (QED) is 0.310. The van der Waals surface area contributed by atoms with Crippen LogP contribution in [0.2, 0.25) is 0 Å². The minimum atomic E-state index is -2.91. The summed E-state index contributed by atoms with van der Waals surface area (Å²) in [4.78, 5) is 25.3. The van der Waals surface area contributed by atoms with E-state index in [4.69, 9.17) is 5.73 Å². The molecule has 1 atom stereocenters. The highest BCUT2D eigenvalue weighted by molar-refractivity contribution is 8.25. The van der Waals surface area contributed by atoms with E-state index in [9.17, 15) is 13.9 Å². The molecule has 1 unspecified atom stereocenters. The third-order valence-electron chi connectivity index (χ3n) is 6.52. The Morgan fingerprint density at radius 1 is 1.26 bits per heavy atom. The number of hydrogen-bond donors (Lipinski definition) is 6. The molecule has 182 valence electrons. The Balaban J connectivity index is 1.31. The maximum absolute atomic E-state index is 11.8. The largest absolute Gasteiger partial charge is 0.383 e. The number of nitrogen functional groups attached to an aromatic ring is 1. The second-order valence-electron chi connectivity index (χ2n) is 8.98. The summed E-state index contributed by atoms with van der Waals surface area (Å²) >= 11 is 0. The first-order valence-corrected chi connectivity index (χ1v) is 12.9. The zero-order valence-electron chi connectivity index (χ0n) is 18.9. The molecule has 35 heavy (non-hydrogen) atoms. The molecule has 1 fully saturated rings. The third-order valence-corrected chi connectivity index (χ3v) is 7.73. The van der Waals surface area contributed by atoms with Crippen molar-refractivity contribution in [1.29, 1.82) is 0 Å². The van der Waals surface area contributed by atoms with E-state index in [1.165, 1.54) is 0 Å². The molecule has 3 aromatic heterocycles. The lowest BCUT2D eigenvalue weighted by molar-refractivity contribution is -0.121. The van der Waals surface area contributed by atoms with Gasteiger partial charge in [-0.3, -0.25) is 28.6 Å². The molecule has 12 nitrogen and oxygen atoms in total. The van der Waals surface area contributed by atoms with Crippen molar-refractivity contribution < 1.29 is 13.9 Å². The van der Waals surface area contributed by atoms with Crippen LogP contribution in [0.5, 0.6) is 0 Å². The zero-order chi connectivity index (χ0) is 24.3. The van der Waals surface area contributed by atoms with Crippen LogP contribution in [0.3, 0.4) is 0 Å². The molecule has 0 saturated carbocycles. The summed E-state index contributed by atoms with van der Waals surface area (Å²) in [5.74, 6) is 1.79. The van der Waals surface area contributed by atoms with E-state index in [2.05, 4.69) is 35.4 Å². The fourth-order valence-electron chi connectivity index (χ4n) is 4.76. The van der Waals surface area contributed by atoms with Gasteiger partial charge in [0.1, 0.15) is 29.8 Å². The highest BCUT2D eigenvalue weighted by atomic mass is 32.3. The number of aromatic nitrogens is 3. The van der Waals surface area contributed by atoms with E-state index in [0.717, 1.165) is 34.2 Å². The highest BCUT2D eigenvalue weighted by Gasteiger charge is 2.31. The number of pyridine rings is 3. The van der Waals surface area contributed by atoms with E-state index in [-0.39, 0.29) is 24.2 Å². The Morgan fingerprint density at radius 3 is 2.97 bits per heavy atom. The number of nitrogens with one attached hydrogen (secondary N) is 3. The number of carbonyl (C=O) groups is 1. The predicted octanol–water partition coefficient (Wildman–Crippen LogP) is 2.49. The number of nitrogens with zero attached hydrogens (tertiary/aromatic N) is 5. The van der Waals surface area contributed by atoms with Crippen LogP contribution in [-0.4, -0.2) is 59.9 Å². The predicted molar refractivity (Wildman–Crippen MR) is 136 cm³/mol. The summed E-state index contributed by atoms with van der Waals surface area (Å²) in [5, 5.41) is 14.1. The van der Waals surface area contributed by atoms with Crippen LogP contribution in [0, 0.1) is 6.92 Å². The van der Waals surface area contributed by atoms with Gasteiger partial charge in [0.15, 0.2) is 0 Å². The van der Waals surface area contributed by atoms with Crippen LogP contribution in [0.25, 0.3) is 22.0 Å². The van der Waals surface area contributed by atoms with Crippen LogP contribution in [-0.2, 0) is 10.5 Å². The lowest BCUT2D eigenvalue weighted by Crippen LogP contribution is -2.31. The van der Waals surface area contributed by atoms with Gasteiger partial charge in [0.05, 0.1) is 23.1 Å². The number of nitrogens with two attached hydrogens (primary N) is 1. The Labute approximate surface area is 202 Å². The number of amides is 1. The average molecular weight is 496 g/mol. The fourth-order valence-corrected chi connectivity index (χ4v) is 6.03. The smallest absolute Gasteiger partial charge is 0.241 e. The Kier molecular flexibility index (Phi) is 4.95. The topological polar surface area (TPSA) is 174 Å². The van der Waals surface area contributed by atoms with Crippen LogP contribution in [0.15, 0.2) is 29.6 Å². The van der Waals surface area contributed by atoms with E-state index in [1.54, 1.807) is 12.4 Å². The molecular weight excluding hydrogens is 470 g/mol. The third kappa shape index (κ3) is 3.96. The number of fused-ring (bicyclic) bond motifs is 3. The van der Waals surface area contributed by atoms with Crippen LogP contribution in [0.1, 0.15) is 24.1 Å². The monoisotopic (exact) mass is 495 g/mol. The number of hydrazone groups is 1. The molecule has 6 heterocycles. The van der Waals surface area contributed by atoms with Gasteiger partial charge < -0.3 is 16.4 Å². The summed E-state index contributed by atoms with van der Waals surface area (Å²) in [7, 11) is -2.91. The van der Waals surface area contributed by atoms with Crippen LogP contribution >= 0.6 is 10.8 Å². The maximum atomic E-state index is 11.8. The molecule has 1 amide bonds. The molecule has 0 aromatic carbocycles. The molecule has 0 radical (unpaired) electrons. The van der Waals surface area contributed by atoms with Crippen molar-refractivity contribution in [3.8, 4) is 11.3 Å². The van der Waals surface area contributed by atoms with Crippen molar-refractivity contribution in [2.75, 3.05) is 28.9 Å². The fraction of sp³-hybridized carbons (Fsp3) is 0.318. The number of anilines is 3. The Hall–Kier alpha value is -3.68. The molecule has 13 heteroatoms. The summed E-state index contributed by atoms with van der Waals surface area (Å²) in [6.07, 6.45) is 4.92. The number of rotatable bonds is 2. The number of amidine groups is 1. The van der Waals surface area contributed by atoms with Gasteiger partial charge in [-0.25, -0.2) is 9.97 Å². The molecule has 6 rings (SSSR count).